The lowest BCUT2D eigenvalue weighted by Gasteiger charge is -2.02. The van der Waals surface area contributed by atoms with Crippen LogP contribution in [0.15, 0.2) is 103 Å². The maximum atomic E-state index is 14.0. The van der Waals surface area contributed by atoms with E-state index < -0.39 is 5.91 Å². The molecule has 0 aliphatic rings. The molecule has 0 unspecified atom stereocenters. The van der Waals surface area contributed by atoms with E-state index in [1.165, 1.54) is 23.5 Å². The second-order valence-electron chi connectivity index (χ2n) is 8.10. The summed E-state index contributed by atoms with van der Waals surface area (Å²) in [6.45, 7) is 0. The van der Waals surface area contributed by atoms with Crippen LogP contribution in [0, 0.1) is 17.1 Å². The lowest BCUT2D eigenvalue weighted by Crippen LogP contribution is -2.13. The highest BCUT2D eigenvalue weighted by Crippen LogP contribution is 2.27. The van der Waals surface area contributed by atoms with E-state index in [1.54, 1.807) is 35.3 Å². The van der Waals surface area contributed by atoms with Gasteiger partial charge in [0.15, 0.2) is 5.13 Å². The molecule has 1 amide bonds. The van der Waals surface area contributed by atoms with Gasteiger partial charge in [0.2, 0.25) is 0 Å². The largest absolute Gasteiger partial charge is 0.297 e. The fourth-order valence-electron chi connectivity index (χ4n) is 3.77. The van der Waals surface area contributed by atoms with Crippen LogP contribution >= 0.6 is 11.3 Å². The number of carbonyl (C=O) groups excluding carboxylic acids is 1. The molecule has 6 nitrogen and oxygen atoms in total. The molecule has 0 aliphatic heterocycles. The third-order valence-corrected chi connectivity index (χ3v) is 6.48. The van der Waals surface area contributed by atoms with Gasteiger partial charge in [-0.2, -0.15) is 10.4 Å². The van der Waals surface area contributed by atoms with Crippen molar-refractivity contribution in [2.75, 3.05) is 5.32 Å². The number of amides is 1. The lowest BCUT2D eigenvalue weighted by atomic mass is 10.1. The number of hydrogen-bond acceptors (Lipinski definition) is 5. The first kappa shape index (κ1) is 23.9. The summed E-state index contributed by atoms with van der Waals surface area (Å²) >= 11 is 1.24. The predicted octanol–water partition coefficient (Wildman–Crippen LogP) is 6.27. The van der Waals surface area contributed by atoms with E-state index in [1.807, 2.05) is 66.7 Å². The third kappa shape index (κ3) is 5.53. The molecule has 0 aliphatic carbocycles. The molecule has 2 aromatic heterocycles. The maximum absolute atomic E-state index is 14.0. The van der Waals surface area contributed by atoms with Crippen molar-refractivity contribution in [1.29, 1.82) is 5.26 Å². The SMILES string of the molecule is N#CC(=Cc1cn(-c2ccccc2)nc1-c1ccccc1)C(=O)Nc1ncc(Cc2ccccc2F)s1. The topological polar surface area (TPSA) is 83.6 Å². The molecule has 0 bridgehead atoms. The molecule has 0 fully saturated rings. The van der Waals surface area contributed by atoms with E-state index in [-0.39, 0.29) is 11.4 Å². The molecule has 180 valence electrons. The van der Waals surface area contributed by atoms with Gasteiger partial charge in [-0.25, -0.2) is 14.1 Å². The highest BCUT2D eigenvalue weighted by Gasteiger charge is 2.16. The average molecular weight is 506 g/mol. The van der Waals surface area contributed by atoms with Crippen molar-refractivity contribution in [3.63, 3.8) is 0 Å². The van der Waals surface area contributed by atoms with Crippen LogP contribution in [0.4, 0.5) is 9.52 Å². The molecule has 8 heteroatoms. The molecule has 0 spiro atoms. The molecule has 0 atom stereocenters. The zero-order valence-corrected chi connectivity index (χ0v) is 20.3. The molecule has 1 N–H and O–H groups in total. The maximum Gasteiger partial charge on any atom is 0.268 e. The highest BCUT2D eigenvalue weighted by atomic mass is 32.1. The van der Waals surface area contributed by atoms with Crippen LogP contribution in [0.1, 0.15) is 16.0 Å². The fourth-order valence-corrected chi connectivity index (χ4v) is 4.60. The van der Waals surface area contributed by atoms with Gasteiger partial charge in [0.1, 0.15) is 17.5 Å². The minimum atomic E-state index is -0.583. The fraction of sp³-hybridized carbons (Fsp3) is 0.0345. The summed E-state index contributed by atoms with van der Waals surface area (Å²) < 4.78 is 15.7. The Kier molecular flexibility index (Phi) is 6.97. The van der Waals surface area contributed by atoms with Gasteiger partial charge < -0.3 is 0 Å². The molecule has 0 radical (unpaired) electrons. The molecule has 0 saturated heterocycles. The van der Waals surface area contributed by atoms with Crippen molar-refractivity contribution in [2.45, 2.75) is 6.42 Å². The van der Waals surface area contributed by atoms with Crippen LogP contribution in [0.25, 0.3) is 23.0 Å². The Balaban J connectivity index is 1.41. The first-order valence-electron chi connectivity index (χ1n) is 11.4. The van der Waals surface area contributed by atoms with Crippen LogP contribution in [0.5, 0.6) is 0 Å². The van der Waals surface area contributed by atoms with Gasteiger partial charge in [0, 0.05) is 34.8 Å². The third-order valence-electron chi connectivity index (χ3n) is 5.57. The van der Waals surface area contributed by atoms with Crippen molar-refractivity contribution >= 4 is 28.5 Å². The van der Waals surface area contributed by atoms with E-state index in [0.29, 0.717) is 28.4 Å². The minimum absolute atomic E-state index is 0.0874. The van der Waals surface area contributed by atoms with Gasteiger partial charge in [0.25, 0.3) is 5.91 Å². The van der Waals surface area contributed by atoms with Crippen molar-refractivity contribution in [1.82, 2.24) is 14.8 Å². The summed E-state index contributed by atoms with van der Waals surface area (Å²) in [6, 6.07) is 27.7. The number of rotatable bonds is 7. The average Bonchev–Trinajstić information content (AvgIpc) is 3.56. The minimum Gasteiger partial charge on any atom is -0.297 e. The van der Waals surface area contributed by atoms with Crippen molar-refractivity contribution < 1.29 is 9.18 Å². The molecular formula is C29H20FN5OS. The zero-order chi connectivity index (χ0) is 25.6. The molecule has 5 aromatic rings. The van der Waals surface area contributed by atoms with Gasteiger partial charge in [0.05, 0.1) is 11.4 Å². The van der Waals surface area contributed by atoms with E-state index in [0.717, 1.165) is 16.1 Å². The van der Waals surface area contributed by atoms with E-state index in [9.17, 15) is 14.4 Å². The molecule has 2 heterocycles. The summed E-state index contributed by atoms with van der Waals surface area (Å²) in [5.41, 5.74) is 3.44. The molecule has 3 aromatic carbocycles. The van der Waals surface area contributed by atoms with Crippen LogP contribution in [-0.2, 0) is 11.2 Å². The number of para-hydroxylation sites is 1. The number of thiazole rings is 1. The van der Waals surface area contributed by atoms with Gasteiger partial charge in [-0.05, 0) is 29.8 Å². The summed E-state index contributed by atoms with van der Waals surface area (Å²) in [5, 5.41) is 17.5. The number of aromatic nitrogens is 3. The summed E-state index contributed by atoms with van der Waals surface area (Å²) in [6.07, 6.45) is 5.27. The van der Waals surface area contributed by atoms with Gasteiger partial charge in [-0.1, -0.05) is 66.7 Å². The number of nitrogens with one attached hydrogen (secondary N) is 1. The number of benzene rings is 3. The first-order chi connectivity index (χ1) is 18.1. The van der Waals surface area contributed by atoms with Gasteiger partial charge in [-0.15, -0.1) is 11.3 Å². The smallest absolute Gasteiger partial charge is 0.268 e. The van der Waals surface area contributed by atoms with Crippen molar-refractivity contribution in [3.8, 4) is 23.0 Å². The van der Waals surface area contributed by atoms with Crippen LogP contribution < -0.4 is 5.32 Å². The van der Waals surface area contributed by atoms with E-state index in [2.05, 4.69) is 10.3 Å². The standard InChI is InChI=1S/C29H20FN5OS/c30-26-14-8-7-11-21(26)16-25-18-32-29(37-25)33-28(36)22(17-31)15-23-19-35(24-12-5-2-6-13-24)34-27(23)20-9-3-1-4-10-20/h1-15,18-19H,16H2,(H,32,33,36). The Hall–Kier alpha value is -4.87. The lowest BCUT2D eigenvalue weighted by molar-refractivity contribution is -0.112. The van der Waals surface area contributed by atoms with E-state index in [4.69, 9.17) is 5.10 Å². The number of nitriles is 1. The Bertz CT molecular complexity index is 1620. The van der Waals surface area contributed by atoms with E-state index >= 15 is 0 Å². The normalized spacial score (nSPS) is 11.2. The van der Waals surface area contributed by atoms with Crippen molar-refractivity contribution in [2.24, 2.45) is 0 Å². The highest BCUT2D eigenvalue weighted by molar-refractivity contribution is 7.15. The number of carbonyl (C=O) groups is 1. The predicted molar refractivity (Wildman–Crippen MR) is 143 cm³/mol. The first-order valence-corrected chi connectivity index (χ1v) is 12.2. The number of anilines is 1. The monoisotopic (exact) mass is 505 g/mol. The second kappa shape index (κ2) is 10.8. The Labute approximate surface area is 217 Å². The zero-order valence-electron chi connectivity index (χ0n) is 19.5. The van der Waals surface area contributed by atoms with Crippen molar-refractivity contribution in [3.05, 3.63) is 125 Å². The van der Waals surface area contributed by atoms with Crippen LogP contribution in [-0.4, -0.2) is 20.7 Å². The Morgan fingerprint density at radius 2 is 1.73 bits per heavy atom. The molecule has 5 rings (SSSR count). The Morgan fingerprint density at radius 3 is 2.46 bits per heavy atom. The van der Waals surface area contributed by atoms with Gasteiger partial charge >= 0.3 is 0 Å². The summed E-state index contributed by atoms with van der Waals surface area (Å²) in [5.74, 6) is -0.873. The molecular weight excluding hydrogens is 485 g/mol. The second-order valence-corrected chi connectivity index (χ2v) is 9.22. The molecule has 37 heavy (non-hydrogen) atoms. The summed E-state index contributed by atoms with van der Waals surface area (Å²) in [4.78, 5) is 18.0. The summed E-state index contributed by atoms with van der Waals surface area (Å²) in [7, 11) is 0. The quantitative estimate of drug-likeness (QED) is 0.209. The number of halogens is 1. The number of hydrogen-bond donors (Lipinski definition) is 1. The van der Waals surface area contributed by atoms with Crippen LogP contribution in [0.2, 0.25) is 0 Å². The number of nitrogens with zero attached hydrogens (tertiary/aromatic N) is 4. The van der Waals surface area contributed by atoms with Gasteiger partial charge in [-0.3, -0.25) is 10.1 Å². The molecule has 0 saturated carbocycles. The van der Waals surface area contributed by atoms with Crippen LogP contribution in [0.3, 0.4) is 0 Å². The Morgan fingerprint density at radius 1 is 1.03 bits per heavy atom.